The summed E-state index contributed by atoms with van der Waals surface area (Å²) in [6.45, 7) is 6.49. The van der Waals surface area contributed by atoms with Crippen LogP contribution in [0.4, 0.5) is 9.18 Å². The van der Waals surface area contributed by atoms with Crippen molar-refractivity contribution >= 4 is 6.09 Å². The number of benzene rings is 1. The van der Waals surface area contributed by atoms with Crippen molar-refractivity contribution in [2.75, 3.05) is 13.1 Å². The Kier molecular flexibility index (Phi) is 5.09. The van der Waals surface area contributed by atoms with Crippen LogP contribution in [0.25, 0.3) is 0 Å². The van der Waals surface area contributed by atoms with E-state index in [1.54, 1.807) is 17.0 Å². The molecule has 1 aliphatic heterocycles. The fraction of sp³-hybridized carbons (Fsp3) is 0.529. The summed E-state index contributed by atoms with van der Waals surface area (Å²) >= 11 is 0. The van der Waals surface area contributed by atoms with Crippen molar-refractivity contribution in [2.45, 2.75) is 45.3 Å². The number of carbonyl (C=O) groups is 1. The van der Waals surface area contributed by atoms with E-state index in [0.29, 0.717) is 18.8 Å². The quantitative estimate of drug-likeness (QED) is 0.837. The fourth-order valence-corrected chi connectivity index (χ4v) is 2.38. The fourth-order valence-electron chi connectivity index (χ4n) is 2.38. The Morgan fingerprint density at radius 1 is 1.43 bits per heavy atom. The van der Waals surface area contributed by atoms with Crippen molar-refractivity contribution in [1.29, 1.82) is 5.26 Å². The highest BCUT2D eigenvalue weighted by Gasteiger charge is 2.28. The van der Waals surface area contributed by atoms with Gasteiger partial charge in [-0.2, -0.15) is 5.26 Å². The third-order valence-electron chi connectivity index (χ3n) is 3.39. The van der Waals surface area contributed by atoms with Crippen molar-refractivity contribution in [3.63, 3.8) is 0 Å². The first kappa shape index (κ1) is 17.1. The van der Waals surface area contributed by atoms with Crippen LogP contribution < -0.4 is 4.74 Å². The molecule has 124 valence electrons. The lowest BCUT2D eigenvalue weighted by Gasteiger charge is -2.34. The molecule has 0 spiro atoms. The molecular weight excluding hydrogens is 299 g/mol. The number of rotatable bonds is 2. The van der Waals surface area contributed by atoms with Crippen LogP contribution in [0.15, 0.2) is 18.2 Å². The maximum absolute atomic E-state index is 13.6. The molecule has 1 amide bonds. The van der Waals surface area contributed by atoms with Crippen LogP contribution in [0.1, 0.15) is 39.2 Å². The first-order chi connectivity index (χ1) is 10.8. The molecule has 0 aromatic heterocycles. The average Bonchev–Trinajstić information content (AvgIpc) is 2.46. The third-order valence-corrected chi connectivity index (χ3v) is 3.39. The molecule has 0 N–H and O–H groups in total. The summed E-state index contributed by atoms with van der Waals surface area (Å²) in [6, 6.07) is 5.92. The highest BCUT2D eigenvalue weighted by Crippen LogP contribution is 2.22. The summed E-state index contributed by atoms with van der Waals surface area (Å²) in [5, 5.41) is 8.73. The maximum atomic E-state index is 13.6. The van der Waals surface area contributed by atoms with Crippen molar-refractivity contribution in [3.05, 3.63) is 29.6 Å². The first-order valence-electron chi connectivity index (χ1n) is 7.63. The maximum Gasteiger partial charge on any atom is 0.410 e. The summed E-state index contributed by atoms with van der Waals surface area (Å²) in [5.41, 5.74) is -0.558. The summed E-state index contributed by atoms with van der Waals surface area (Å²) in [4.78, 5) is 13.7. The van der Waals surface area contributed by atoms with Gasteiger partial charge in [0.25, 0.3) is 0 Å². The first-order valence-corrected chi connectivity index (χ1v) is 7.63. The highest BCUT2D eigenvalue weighted by molar-refractivity contribution is 5.68. The number of piperidine rings is 1. The second-order valence-corrected chi connectivity index (χ2v) is 6.56. The molecule has 0 aliphatic carbocycles. The molecule has 1 aliphatic rings. The molecule has 23 heavy (non-hydrogen) atoms. The lowest BCUT2D eigenvalue weighted by Crippen LogP contribution is -2.46. The minimum atomic E-state index is -0.607. The van der Waals surface area contributed by atoms with E-state index >= 15 is 0 Å². The van der Waals surface area contributed by atoms with E-state index in [9.17, 15) is 9.18 Å². The minimum absolute atomic E-state index is 0.0172. The predicted octanol–water partition coefficient (Wildman–Crippen LogP) is 3.48. The standard InChI is InChI=1S/C17H21FN2O3/c1-17(2,3)23-16(21)20-8-4-5-14(11-20)22-13-7-6-12(10-19)15(18)9-13/h6-7,9,14H,4-5,8,11H2,1-3H3/t14-/m0/s1. The molecule has 1 saturated heterocycles. The molecule has 0 unspecified atom stereocenters. The molecule has 1 atom stereocenters. The number of nitrogens with zero attached hydrogens (tertiary/aromatic N) is 2. The Bertz CT molecular complexity index is 619. The van der Waals surface area contributed by atoms with Crippen LogP contribution in [-0.2, 0) is 4.74 Å². The number of carbonyl (C=O) groups excluding carboxylic acids is 1. The predicted molar refractivity (Wildman–Crippen MR) is 82.6 cm³/mol. The van der Waals surface area contributed by atoms with Crippen LogP contribution in [0, 0.1) is 17.1 Å². The van der Waals surface area contributed by atoms with Gasteiger partial charge >= 0.3 is 6.09 Å². The average molecular weight is 320 g/mol. The number of hydrogen-bond donors (Lipinski definition) is 0. The van der Waals surface area contributed by atoms with E-state index in [1.165, 1.54) is 12.1 Å². The third kappa shape index (κ3) is 4.85. The molecule has 5 nitrogen and oxygen atoms in total. The highest BCUT2D eigenvalue weighted by atomic mass is 19.1. The zero-order chi connectivity index (χ0) is 17.0. The minimum Gasteiger partial charge on any atom is -0.488 e. The van der Waals surface area contributed by atoms with Crippen LogP contribution in [0.2, 0.25) is 0 Å². The summed E-state index contributed by atoms with van der Waals surface area (Å²) in [7, 11) is 0. The molecule has 1 aromatic carbocycles. The van der Waals surface area contributed by atoms with E-state index < -0.39 is 11.4 Å². The summed E-state index contributed by atoms with van der Waals surface area (Å²) in [6.07, 6.45) is 0.990. The Balaban J connectivity index is 1.98. The van der Waals surface area contributed by atoms with Crippen LogP contribution in [0.3, 0.4) is 0 Å². The molecule has 6 heteroatoms. The lowest BCUT2D eigenvalue weighted by atomic mass is 10.1. The van der Waals surface area contributed by atoms with E-state index in [4.69, 9.17) is 14.7 Å². The number of hydrogen-bond acceptors (Lipinski definition) is 4. The van der Waals surface area contributed by atoms with Crippen LogP contribution in [0.5, 0.6) is 5.75 Å². The number of ether oxygens (including phenoxy) is 2. The largest absolute Gasteiger partial charge is 0.488 e. The van der Waals surface area contributed by atoms with Crippen molar-refractivity contribution in [3.8, 4) is 11.8 Å². The van der Waals surface area contributed by atoms with Crippen molar-refractivity contribution in [2.24, 2.45) is 0 Å². The van der Waals surface area contributed by atoms with E-state index in [1.807, 2.05) is 20.8 Å². The van der Waals surface area contributed by atoms with Crippen LogP contribution in [-0.4, -0.2) is 35.8 Å². The van der Waals surface area contributed by atoms with E-state index in [0.717, 1.165) is 12.8 Å². The Morgan fingerprint density at radius 2 is 2.17 bits per heavy atom. The van der Waals surface area contributed by atoms with Gasteiger partial charge in [0.05, 0.1) is 12.1 Å². The normalized spacial score (nSPS) is 18.2. The number of halogens is 1. The van der Waals surface area contributed by atoms with Gasteiger partial charge in [-0.15, -0.1) is 0 Å². The van der Waals surface area contributed by atoms with Gasteiger partial charge in [-0.05, 0) is 45.7 Å². The smallest absolute Gasteiger partial charge is 0.410 e. The molecule has 1 fully saturated rings. The van der Waals surface area contributed by atoms with Gasteiger partial charge in [0.15, 0.2) is 0 Å². The molecule has 2 rings (SSSR count). The molecular formula is C17H21FN2O3. The van der Waals surface area contributed by atoms with E-state index in [2.05, 4.69) is 0 Å². The summed E-state index contributed by atoms with van der Waals surface area (Å²) in [5.74, 6) is -0.248. The Hall–Kier alpha value is -2.29. The van der Waals surface area contributed by atoms with Gasteiger partial charge < -0.3 is 14.4 Å². The number of amides is 1. The Morgan fingerprint density at radius 3 is 2.78 bits per heavy atom. The lowest BCUT2D eigenvalue weighted by molar-refractivity contribution is 0.00772. The zero-order valence-corrected chi connectivity index (χ0v) is 13.6. The molecule has 1 aromatic rings. The second kappa shape index (κ2) is 6.86. The SMILES string of the molecule is CC(C)(C)OC(=O)N1CCC[C@H](Oc2ccc(C#N)c(F)c2)C1. The monoisotopic (exact) mass is 320 g/mol. The van der Waals surface area contributed by atoms with Gasteiger partial charge in [0, 0.05) is 12.6 Å². The molecule has 1 heterocycles. The van der Waals surface area contributed by atoms with E-state index in [-0.39, 0.29) is 17.8 Å². The van der Waals surface area contributed by atoms with Gasteiger partial charge in [0.1, 0.15) is 29.3 Å². The number of nitriles is 1. The van der Waals surface area contributed by atoms with Gasteiger partial charge in [0.2, 0.25) is 0 Å². The van der Waals surface area contributed by atoms with Crippen molar-refractivity contribution in [1.82, 2.24) is 4.90 Å². The Labute approximate surface area is 135 Å². The van der Waals surface area contributed by atoms with Gasteiger partial charge in [-0.25, -0.2) is 9.18 Å². The van der Waals surface area contributed by atoms with Gasteiger partial charge in [-0.1, -0.05) is 0 Å². The summed E-state index contributed by atoms with van der Waals surface area (Å²) < 4.78 is 24.7. The second-order valence-electron chi connectivity index (χ2n) is 6.56. The van der Waals surface area contributed by atoms with Crippen molar-refractivity contribution < 1.29 is 18.7 Å². The zero-order valence-electron chi connectivity index (χ0n) is 13.6. The van der Waals surface area contributed by atoms with Crippen LogP contribution >= 0.6 is 0 Å². The molecule has 0 bridgehead atoms. The van der Waals surface area contributed by atoms with Gasteiger partial charge in [-0.3, -0.25) is 0 Å². The topological polar surface area (TPSA) is 62.6 Å². The molecule has 0 radical (unpaired) electrons. The number of likely N-dealkylation sites (tertiary alicyclic amines) is 1. The molecule has 0 saturated carbocycles.